The van der Waals surface area contributed by atoms with Crippen molar-refractivity contribution in [3.63, 3.8) is 0 Å². The lowest BCUT2D eigenvalue weighted by atomic mass is 10.1. The highest BCUT2D eigenvalue weighted by atomic mass is 19.2. The normalized spacial score (nSPS) is 13.9. The average Bonchev–Trinajstić information content (AvgIpc) is 2.41. The molecule has 0 radical (unpaired) electrons. The van der Waals surface area contributed by atoms with Crippen molar-refractivity contribution in [1.82, 2.24) is 0 Å². The summed E-state index contributed by atoms with van der Waals surface area (Å²) in [5, 5.41) is 0. The van der Waals surface area contributed by atoms with Crippen LogP contribution in [0, 0.1) is 17.5 Å². The second-order valence-electron chi connectivity index (χ2n) is 4.32. The summed E-state index contributed by atoms with van der Waals surface area (Å²) in [7, 11) is 0. The van der Waals surface area contributed by atoms with Gasteiger partial charge in [0, 0.05) is 23.9 Å². The van der Waals surface area contributed by atoms with Crippen molar-refractivity contribution in [3.8, 4) is 5.75 Å². The smallest absolute Gasteiger partial charge is 0.161 e. The first-order valence-electron chi connectivity index (χ1n) is 5.75. The van der Waals surface area contributed by atoms with Crippen LogP contribution in [0.2, 0.25) is 0 Å². The Morgan fingerprint density at radius 1 is 0.947 bits per heavy atom. The minimum absolute atomic E-state index is 0.212. The maximum Gasteiger partial charge on any atom is 0.161 e. The van der Waals surface area contributed by atoms with Crippen LogP contribution < -0.4 is 9.64 Å². The quantitative estimate of drug-likeness (QED) is 0.783. The van der Waals surface area contributed by atoms with Crippen molar-refractivity contribution in [1.29, 1.82) is 0 Å². The number of ether oxygens (including phenoxy) is 1. The summed E-state index contributed by atoms with van der Waals surface area (Å²) in [6.07, 6.45) is 0. The van der Waals surface area contributed by atoms with E-state index in [1.165, 1.54) is 18.2 Å². The van der Waals surface area contributed by atoms with E-state index in [-0.39, 0.29) is 12.5 Å². The minimum atomic E-state index is -0.914. The van der Waals surface area contributed by atoms with Gasteiger partial charge in [0.05, 0.1) is 0 Å². The molecule has 1 aliphatic heterocycles. The highest BCUT2D eigenvalue weighted by Crippen LogP contribution is 2.29. The molecule has 0 atom stereocenters. The van der Waals surface area contributed by atoms with Crippen LogP contribution in [0.15, 0.2) is 36.4 Å². The van der Waals surface area contributed by atoms with Crippen molar-refractivity contribution < 1.29 is 17.9 Å². The molecule has 1 heterocycles. The molecule has 0 aliphatic carbocycles. The summed E-state index contributed by atoms with van der Waals surface area (Å²) in [5.41, 5.74) is 1.17. The molecule has 2 nitrogen and oxygen atoms in total. The first-order valence-corrected chi connectivity index (χ1v) is 5.75. The maximum absolute atomic E-state index is 13.2. The Labute approximate surface area is 108 Å². The third kappa shape index (κ3) is 2.23. The Kier molecular flexibility index (Phi) is 2.81. The van der Waals surface area contributed by atoms with Gasteiger partial charge < -0.3 is 9.64 Å². The highest BCUT2D eigenvalue weighted by Gasteiger charge is 2.19. The zero-order chi connectivity index (χ0) is 13.4. The molecule has 0 amide bonds. The van der Waals surface area contributed by atoms with Crippen LogP contribution in [0.1, 0.15) is 5.56 Å². The highest BCUT2D eigenvalue weighted by molar-refractivity contribution is 5.50. The molecule has 0 fully saturated rings. The Bertz CT molecular complexity index is 630. The monoisotopic (exact) mass is 265 g/mol. The summed E-state index contributed by atoms with van der Waals surface area (Å²) in [4.78, 5) is 1.70. The average molecular weight is 265 g/mol. The van der Waals surface area contributed by atoms with Crippen molar-refractivity contribution in [2.75, 3.05) is 11.6 Å². The summed E-state index contributed by atoms with van der Waals surface area (Å²) < 4.78 is 44.7. The molecule has 2 aromatic carbocycles. The van der Waals surface area contributed by atoms with Crippen LogP contribution in [0.4, 0.5) is 18.9 Å². The van der Waals surface area contributed by atoms with Crippen molar-refractivity contribution in [2.24, 2.45) is 0 Å². The standard InChI is InChI=1S/C14H10F3NO/c15-10-1-4-14-9(5-10)7-18(8-19-14)11-2-3-12(16)13(17)6-11/h1-6H,7-8H2. The number of hydrogen-bond donors (Lipinski definition) is 0. The summed E-state index contributed by atoms with van der Waals surface area (Å²) in [5.74, 6) is -1.55. The summed E-state index contributed by atoms with van der Waals surface area (Å²) >= 11 is 0. The topological polar surface area (TPSA) is 12.5 Å². The fourth-order valence-electron chi connectivity index (χ4n) is 2.06. The molecule has 0 spiro atoms. The zero-order valence-electron chi connectivity index (χ0n) is 9.87. The second kappa shape index (κ2) is 4.50. The molecule has 98 valence electrons. The van der Waals surface area contributed by atoms with Crippen molar-refractivity contribution >= 4 is 5.69 Å². The number of hydrogen-bond acceptors (Lipinski definition) is 2. The van der Waals surface area contributed by atoms with Gasteiger partial charge in [0.2, 0.25) is 0 Å². The van der Waals surface area contributed by atoms with E-state index in [0.29, 0.717) is 23.5 Å². The van der Waals surface area contributed by atoms with Gasteiger partial charge in [-0.2, -0.15) is 0 Å². The predicted octanol–water partition coefficient (Wildman–Crippen LogP) is 3.46. The van der Waals surface area contributed by atoms with Crippen LogP contribution in [-0.4, -0.2) is 6.73 Å². The zero-order valence-corrected chi connectivity index (χ0v) is 9.87. The van der Waals surface area contributed by atoms with Gasteiger partial charge in [0.1, 0.15) is 11.6 Å². The van der Waals surface area contributed by atoms with E-state index in [1.54, 1.807) is 11.0 Å². The molecule has 0 bridgehead atoms. The number of anilines is 1. The third-order valence-electron chi connectivity index (χ3n) is 3.03. The number of nitrogens with zero attached hydrogens (tertiary/aromatic N) is 1. The van der Waals surface area contributed by atoms with Gasteiger partial charge in [-0.3, -0.25) is 0 Å². The molecular formula is C14H10F3NO. The van der Waals surface area contributed by atoms with E-state index in [2.05, 4.69) is 0 Å². The summed E-state index contributed by atoms with van der Waals surface area (Å²) in [6, 6.07) is 7.89. The Morgan fingerprint density at radius 2 is 1.79 bits per heavy atom. The fourth-order valence-corrected chi connectivity index (χ4v) is 2.06. The molecular weight excluding hydrogens is 255 g/mol. The molecule has 1 aliphatic rings. The largest absolute Gasteiger partial charge is 0.473 e. The van der Waals surface area contributed by atoms with Crippen LogP contribution in [-0.2, 0) is 6.54 Å². The lowest BCUT2D eigenvalue weighted by molar-refractivity contribution is 0.288. The Morgan fingerprint density at radius 3 is 2.58 bits per heavy atom. The van der Waals surface area contributed by atoms with E-state index >= 15 is 0 Å². The van der Waals surface area contributed by atoms with Crippen LogP contribution in [0.5, 0.6) is 5.75 Å². The first kappa shape index (κ1) is 11.9. The number of halogens is 3. The molecule has 19 heavy (non-hydrogen) atoms. The van der Waals surface area contributed by atoms with Gasteiger partial charge in [0.25, 0.3) is 0 Å². The maximum atomic E-state index is 13.2. The molecule has 0 saturated heterocycles. The second-order valence-corrected chi connectivity index (χ2v) is 4.32. The van der Waals surface area contributed by atoms with E-state index in [4.69, 9.17) is 4.74 Å². The van der Waals surface area contributed by atoms with E-state index in [1.807, 2.05) is 0 Å². The van der Waals surface area contributed by atoms with E-state index in [0.717, 1.165) is 12.1 Å². The van der Waals surface area contributed by atoms with Crippen LogP contribution in [0.3, 0.4) is 0 Å². The van der Waals surface area contributed by atoms with Crippen LogP contribution >= 0.6 is 0 Å². The number of benzene rings is 2. The number of rotatable bonds is 1. The van der Waals surface area contributed by atoms with E-state index < -0.39 is 11.6 Å². The molecule has 0 saturated carbocycles. The molecule has 2 aromatic rings. The third-order valence-corrected chi connectivity index (χ3v) is 3.03. The lowest BCUT2D eigenvalue weighted by Gasteiger charge is -2.30. The molecule has 0 unspecified atom stereocenters. The van der Waals surface area contributed by atoms with Gasteiger partial charge >= 0.3 is 0 Å². The van der Waals surface area contributed by atoms with Gasteiger partial charge in [-0.15, -0.1) is 0 Å². The predicted molar refractivity (Wildman–Crippen MR) is 64.4 cm³/mol. The molecule has 3 rings (SSSR count). The van der Waals surface area contributed by atoms with Gasteiger partial charge in [-0.1, -0.05) is 0 Å². The van der Waals surface area contributed by atoms with Crippen LogP contribution in [0.25, 0.3) is 0 Å². The van der Waals surface area contributed by atoms with Gasteiger partial charge in [-0.05, 0) is 30.3 Å². The molecule has 0 N–H and O–H groups in total. The minimum Gasteiger partial charge on any atom is -0.473 e. The van der Waals surface area contributed by atoms with Gasteiger partial charge in [-0.25, -0.2) is 13.2 Å². The Balaban J connectivity index is 1.90. The van der Waals surface area contributed by atoms with E-state index in [9.17, 15) is 13.2 Å². The van der Waals surface area contributed by atoms with Crippen molar-refractivity contribution in [3.05, 3.63) is 59.4 Å². The Hall–Kier alpha value is -2.17. The molecule has 5 heteroatoms. The first-order chi connectivity index (χ1) is 9.13. The van der Waals surface area contributed by atoms with Crippen molar-refractivity contribution in [2.45, 2.75) is 6.54 Å². The fraction of sp³-hybridized carbons (Fsp3) is 0.143. The van der Waals surface area contributed by atoms with Gasteiger partial charge in [0.15, 0.2) is 18.4 Å². The lowest BCUT2D eigenvalue weighted by Crippen LogP contribution is -2.32. The summed E-state index contributed by atoms with van der Waals surface area (Å²) in [6.45, 7) is 0.599. The molecule has 0 aromatic heterocycles. The SMILES string of the molecule is Fc1ccc2c(c1)CN(c1ccc(F)c(F)c1)CO2. The number of fused-ring (bicyclic) bond motifs is 1.